The van der Waals surface area contributed by atoms with Crippen LogP contribution >= 0.6 is 0 Å². The highest BCUT2D eigenvalue weighted by Crippen LogP contribution is 2.48. The third-order valence-corrected chi connectivity index (χ3v) is 4.61. The predicted molar refractivity (Wildman–Crippen MR) is 79.6 cm³/mol. The summed E-state index contributed by atoms with van der Waals surface area (Å²) in [7, 11) is -5.63. The minimum Gasteiger partial charge on any atom is -0.376 e. The summed E-state index contributed by atoms with van der Waals surface area (Å²) in [5, 5.41) is 0. The molecule has 0 aliphatic heterocycles. The summed E-state index contributed by atoms with van der Waals surface area (Å²) < 4.78 is 63.9. The second-order valence-electron chi connectivity index (χ2n) is 5.23. The van der Waals surface area contributed by atoms with Crippen LogP contribution < -0.4 is 4.18 Å². The van der Waals surface area contributed by atoms with Crippen LogP contribution in [0.4, 0.5) is 13.2 Å². The maximum absolute atomic E-state index is 12.4. The fraction of sp³-hybridized carbons (Fsp3) is 0.600. The molecule has 1 aliphatic rings. The molecule has 0 bridgehead atoms. The molecule has 3 nitrogen and oxygen atoms in total. The molecule has 0 saturated heterocycles. The molecule has 0 spiro atoms. The van der Waals surface area contributed by atoms with Crippen molar-refractivity contribution < 1.29 is 25.8 Å². The Balaban J connectivity index is 0.00000116. The highest BCUT2D eigenvalue weighted by atomic mass is 32.2. The van der Waals surface area contributed by atoms with Crippen molar-refractivity contribution in [2.24, 2.45) is 0 Å². The Bertz CT molecular complexity index is 636. The monoisotopic (exact) mass is 338 g/mol. The zero-order valence-corrected chi connectivity index (χ0v) is 14.1. The summed E-state index contributed by atoms with van der Waals surface area (Å²) in [6.45, 7) is 9.68. The first-order chi connectivity index (χ1) is 10.0. The normalized spacial score (nSPS) is 20.9. The van der Waals surface area contributed by atoms with E-state index in [9.17, 15) is 21.6 Å². The average Bonchev–Trinajstić information content (AvgIpc) is 2.70. The Hall–Kier alpha value is -1.24. The van der Waals surface area contributed by atoms with Crippen molar-refractivity contribution in [3.63, 3.8) is 0 Å². The topological polar surface area (TPSA) is 43.4 Å². The Morgan fingerprint density at radius 1 is 1.09 bits per heavy atom. The number of aryl methyl sites for hydroxylation is 1. The van der Waals surface area contributed by atoms with Crippen molar-refractivity contribution in [2.45, 2.75) is 58.4 Å². The molecule has 1 aromatic carbocycles. The van der Waals surface area contributed by atoms with E-state index in [2.05, 4.69) is 4.18 Å². The number of alkyl halides is 3. The van der Waals surface area contributed by atoms with Crippen LogP contribution in [0.3, 0.4) is 0 Å². The van der Waals surface area contributed by atoms with Crippen molar-refractivity contribution in [2.75, 3.05) is 0 Å². The van der Waals surface area contributed by atoms with Gasteiger partial charge in [0.2, 0.25) is 0 Å². The molecule has 0 heterocycles. The molecule has 0 aromatic heterocycles. The molecule has 0 amide bonds. The third-order valence-electron chi connectivity index (χ3n) is 3.64. The molecular weight excluding hydrogens is 317 g/mol. The van der Waals surface area contributed by atoms with E-state index in [1.165, 1.54) is 6.07 Å². The van der Waals surface area contributed by atoms with Crippen LogP contribution in [-0.4, -0.2) is 13.9 Å². The number of halogens is 3. The molecule has 1 aromatic rings. The first-order valence-corrected chi connectivity index (χ1v) is 8.59. The lowest BCUT2D eigenvalue weighted by Gasteiger charge is -2.16. The van der Waals surface area contributed by atoms with Gasteiger partial charge in [0.1, 0.15) is 5.75 Å². The lowest BCUT2D eigenvalue weighted by atomic mass is 9.97. The second-order valence-corrected chi connectivity index (χ2v) is 6.77. The van der Waals surface area contributed by atoms with Gasteiger partial charge in [-0.2, -0.15) is 21.6 Å². The van der Waals surface area contributed by atoms with Gasteiger partial charge in [-0.05, 0) is 42.4 Å². The summed E-state index contributed by atoms with van der Waals surface area (Å²) in [4.78, 5) is 0. The highest BCUT2D eigenvalue weighted by molar-refractivity contribution is 7.88. The van der Waals surface area contributed by atoms with E-state index >= 15 is 0 Å². The summed E-state index contributed by atoms with van der Waals surface area (Å²) in [5.41, 5.74) is -3.01. The fourth-order valence-corrected chi connectivity index (χ4v) is 3.37. The summed E-state index contributed by atoms with van der Waals surface area (Å²) in [6, 6.07) is 2.89. The molecule has 1 aliphatic carbocycles. The first-order valence-electron chi connectivity index (χ1n) is 7.18. The van der Waals surface area contributed by atoms with Crippen LogP contribution in [-0.2, 0) is 10.1 Å². The lowest BCUT2D eigenvalue weighted by Crippen LogP contribution is -2.28. The molecule has 22 heavy (non-hydrogen) atoms. The van der Waals surface area contributed by atoms with Crippen molar-refractivity contribution >= 4 is 10.1 Å². The van der Waals surface area contributed by atoms with Gasteiger partial charge >= 0.3 is 15.6 Å². The zero-order chi connectivity index (χ0) is 17.3. The minimum absolute atomic E-state index is 0.0293. The average molecular weight is 338 g/mol. The van der Waals surface area contributed by atoms with Gasteiger partial charge in [0.05, 0.1) is 0 Å². The summed E-state index contributed by atoms with van der Waals surface area (Å²) in [6.07, 6.45) is 0.766. The second kappa shape index (κ2) is 6.48. The van der Waals surface area contributed by atoms with Crippen LogP contribution in [0.2, 0.25) is 0 Å². The summed E-state index contributed by atoms with van der Waals surface area (Å²) >= 11 is 0. The van der Waals surface area contributed by atoms with Gasteiger partial charge in [0.25, 0.3) is 0 Å². The lowest BCUT2D eigenvalue weighted by molar-refractivity contribution is -0.0500. The maximum atomic E-state index is 12.4. The molecular formula is C15H21F3O3S. The van der Waals surface area contributed by atoms with Crippen LogP contribution in [0.25, 0.3) is 0 Å². The largest absolute Gasteiger partial charge is 0.534 e. The van der Waals surface area contributed by atoms with E-state index in [1.54, 1.807) is 6.07 Å². The van der Waals surface area contributed by atoms with E-state index in [0.717, 1.165) is 17.5 Å². The standard InChI is InChI=1S/C13H15F3O3S.C2H6/c1-7-4-5-10(19-20(17,18)13(14,15)16)12-9(3)6-8(2)11(7)12;1-2/h4-5,8-9H,6H2,1-3H3;1-2H3. The van der Waals surface area contributed by atoms with Crippen molar-refractivity contribution in [1.82, 2.24) is 0 Å². The molecule has 2 unspecified atom stereocenters. The van der Waals surface area contributed by atoms with Crippen molar-refractivity contribution in [3.8, 4) is 5.75 Å². The number of fused-ring (bicyclic) bond motifs is 1. The molecule has 0 saturated carbocycles. The van der Waals surface area contributed by atoms with Gasteiger partial charge in [-0.1, -0.05) is 33.8 Å². The number of benzene rings is 1. The predicted octanol–water partition coefficient (Wildman–Crippen LogP) is 4.86. The Kier molecular flexibility index (Phi) is 5.54. The molecule has 126 valence electrons. The van der Waals surface area contributed by atoms with E-state index in [0.29, 0.717) is 5.56 Å². The van der Waals surface area contributed by atoms with Gasteiger partial charge in [-0.25, -0.2) is 0 Å². The smallest absolute Gasteiger partial charge is 0.376 e. The maximum Gasteiger partial charge on any atom is 0.534 e. The SMILES string of the molecule is CC.Cc1ccc(OS(=O)(=O)C(F)(F)F)c2c1C(C)CC2C. The Morgan fingerprint density at radius 2 is 1.59 bits per heavy atom. The van der Waals surface area contributed by atoms with Crippen LogP contribution in [0, 0.1) is 6.92 Å². The highest BCUT2D eigenvalue weighted by Gasteiger charge is 2.49. The van der Waals surface area contributed by atoms with E-state index in [-0.39, 0.29) is 17.6 Å². The third kappa shape index (κ3) is 3.39. The number of hydrogen-bond acceptors (Lipinski definition) is 3. The van der Waals surface area contributed by atoms with E-state index in [4.69, 9.17) is 0 Å². The number of hydrogen-bond donors (Lipinski definition) is 0. The molecule has 0 fully saturated rings. The Morgan fingerprint density at radius 3 is 2.09 bits per heavy atom. The van der Waals surface area contributed by atoms with Gasteiger partial charge < -0.3 is 4.18 Å². The molecule has 7 heteroatoms. The van der Waals surface area contributed by atoms with Crippen molar-refractivity contribution in [1.29, 1.82) is 0 Å². The van der Waals surface area contributed by atoms with Crippen LogP contribution in [0.5, 0.6) is 5.75 Å². The first kappa shape index (κ1) is 18.8. The van der Waals surface area contributed by atoms with Crippen LogP contribution in [0.1, 0.15) is 62.6 Å². The van der Waals surface area contributed by atoms with E-state index in [1.807, 2.05) is 34.6 Å². The van der Waals surface area contributed by atoms with Gasteiger partial charge in [-0.3, -0.25) is 0 Å². The fourth-order valence-electron chi connectivity index (χ4n) is 2.89. The minimum atomic E-state index is -5.63. The quantitative estimate of drug-likeness (QED) is 0.571. The van der Waals surface area contributed by atoms with Gasteiger partial charge in [0.15, 0.2) is 0 Å². The molecule has 2 rings (SSSR count). The van der Waals surface area contributed by atoms with Crippen LogP contribution in [0.15, 0.2) is 12.1 Å². The zero-order valence-electron chi connectivity index (χ0n) is 13.3. The van der Waals surface area contributed by atoms with Gasteiger partial charge in [0, 0.05) is 5.56 Å². The molecule has 2 atom stereocenters. The summed E-state index contributed by atoms with van der Waals surface area (Å²) in [5.74, 6) is -0.0600. The van der Waals surface area contributed by atoms with Gasteiger partial charge in [-0.15, -0.1) is 0 Å². The molecule has 0 N–H and O–H groups in total. The van der Waals surface area contributed by atoms with E-state index < -0.39 is 15.6 Å². The Labute approximate surface area is 129 Å². The molecule has 0 radical (unpaired) electrons. The number of rotatable bonds is 2. The van der Waals surface area contributed by atoms with Crippen molar-refractivity contribution in [3.05, 3.63) is 28.8 Å².